The minimum Gasteiger partial charge on any atom is -0.449 e. The van der Waals surface area contributed by atoms with Crippen LogP contribution in [0.4, 0.5) is 0 Å². The quantitative estimate of drug-likeness (QED) is 0.921. The average Bonchev–Trinajstić information content (AvgIpc) is 2.95. The van der Waals surface area contributed by atoms with Crippen LogP contribution in [0.25, 0.3) is 11.1 Å². The first-order valence-corrected chi connectivity index (χ1v) is 7.42. The van der Waals surface area contributed by atoms with Crippen molar-refractivity contribution in [2.24, 2.45) is 5.41 Å². The minimum atomic E-state index is -0.140. The van der Waals surface area contributed by atoms with Crippen molar-refractivity contribution in [1.82, 2.24) is 10.3 Å². The second-order valence-electron chi connectivity index (χ2n) is 6.15. The Morgan fingerprint density at radius 3 is 3.00 bits per heavy atom. The van der Waals surface area contributed by atoms with E-state index >= 15 is 0 Å². The summed E-state index contributed by atoms with van der Waals surface area (Å²) in [4.78, 5) is 16.7. The van der Waals surface area contributed by atoms with Gasteiger partial charge < -0.3 is 14.5 Å². The lowest BCUT2D eigenvalue weighted by atomic mass is 9.96. The van der Waals surface area contributed by atoms with Crippen LogP contribution in [-0.4, -0.2) is 30.1 Å². The summed E-state index contributed by atoms with van der Waals surface area (Å²) in [5.41, 5.74) is 2.58. The van der Waals surface area contributed by atoms with Crippen molar-refractivity contribution in [3.8, 4) is 0 Å². The summed E-state index contributed by atoms with van der Waals surface area (Å²) >= 11 is 0. The molecule has 2 aliphatic rings. The number of nitrogens with zero attached hydrogens (tertiary/aromatic N) is 1. The van der Waals surface area contributed by atoms with Crippen molar-refractivity contribution < 1.29 is 13.9 Å². The SMILES string of the molecule is Cc1ccc2oc(C(=O)NC3CC34CCOCC4)cc2n1. The van der Waals surface area contributed by atoms with Gasteiger partial charge in [-0.2, -0.15) is 0 Å². The molecule has 1 saturated heterocycles. The first kappa shape index (κ1) is 12.8. The van der Waals surface area contributed by atoms with E-state index in [2.05, 4.69) is 10.3 Å². The average molecular weight is 286 g/mol. The molecule has 21 heavy (non-hydrogen) atoms. The third-order valence-corrected chi connectivity index (χ3v) is 4.72. The van der Waals surface area contributed by atoms with E-state index in [1.165, 1.54) is 0 Å². The molecule has 1 spiro atoms. The van der Waals surface area contributed by atoms with Crippen LogP contribution >= 0.6 is 0 Å². The second-order valence-corrected chi connectivity index (χ2v) is 6.15. The van der Waals surface area contributed by atoms with Crippen molar-refractivity contribution in [2.45, 2.75) is 32.2 Å². The van der Waals surface area contributed by atoms with Crippen LogP contribution < -0.4 is 5.32 Å². The predicted octanol–water partition coefficient (Wildman–Crippen LogP) is 2.44. The summed E-state index contributed by atoms with van der Waals surface area (Å²) in [5.74, 6) is 0.205. The van der Waals surface area contributed by atoms with E-state index < -0.39 is 0 Å². The molecule has 5 heteroatoms. The molecule has 0 aromatic carbocycles. The molecular weight excluding hydrogens is 268 g/mol. The monoisotopic (exact) mass is 286 g/mol. The highest BCUT2D eigenvalue weighted by Crippen LogP contribution is 2.53. The largest absolute Gasteiger partial charge is 0.449 e. The number of carbonyl (C=O) groups excluding carboxylic acids is 1. The molecule has 1 saturated carbocycles. The Morgan fingerprint density at radius 1 is 1.38 bits per heavy atom. The van der Waals surface area contributed by atoms with E-state index in [1.807, 2.05) is 19.1 Å². The third-order valence-electron chi connectivity index (χ3n) is 4.72. The number of hydrogen-bond donors (Lipinski definition) is 1. The maximum atomic E-state index is 12.3. The highest BCUT2D eigenvalue weighted by atomic mass is 16.5. The molecule has 0 radical (unpaired) electrons. The van der Waals surface area contributed by atoms with Crippen LogP contribution in [0.2, 0.25) is 0 Å². The molecule has 0 bridgehead atoms. The van der Waals surface area contributed by atoms with Gasteiger partial charge in [0.05, 0.1) is 0 Å². The second kappa shape index (κ2) is 4.56. The van der Waals surface area contributed by atoms with Crippen LogP contribution in [0.1, 0.15) is 35.5 Å². The summed E-state index contributed by atoms with van der Waals surface area (Å²) in [5, 5.41) is 3.09. The molecule has 2 aromatic rings. The Labute approximate surface area is 122 Å². The topological polar surface area (TPSA) is 64.4 Å². The van der Waals surface area contributed by atoms with Crippen molar-refractivity contribution in [1.29, 1.82) is 0 Å². The number of nitrogens with one attached hydrogen (secondary N) is 1. The number of amides is 1. The predicted molar refractivity (Wildman–Crippen MR) is 77.1 cm³/mol. The Bertz CT molecular complexity index is 701. The summed E-state index contributed by atoms with van der Waals surface area (Å²) in [6, 6.07) is 5.71. The zero-order valence-corrected chi connectivity index (χ0v) is 12.0. The van der Waals surface area contributed by atoms with Crippen molar-refractivity contribution in [2.75, 3.05) is 13.2 Å². The number of ether oxygens (including phenoxy) is 1. The zero-order chi connectivity index (χ0) is 14.4. The molecular formula is C16H18N2O3. The van der Waals surface area contributed by atoms with E-state index in [-0.39, 0.29) is 17.4 Å². The maximum absolute atomic E-state index is 12.3. The van der Waals surface area contributed by atoms with Gasteiger partial charge in [-0.1, -0.05) is 0 Å². The lowest BCUT2D eigenvalue weighted by molar-refractivity contribution is 0.0533. The molecule has 1 atom stereocenters. The lowest BCUT2D eigenvalue weighted by Gasteiger charge is -2.22. The summed E-state index contributed by atoms with van der Waals surface area (Å²) in [6.45, 7) is 3.53. The highest BCUT2D eigenvalue weighted by Gasteiger charge is 2.55. The normalized spacial score (nSPS) is 23.4. The molecule has 1 amide bonds. The molecule has 2 aromatic heterocycles. The smallest absolute Gasteiger partial charge is 0.287 e. The highest BCUT2D eigenvalue weighted by molar-refractivity contribution is 5.95. The number of hydrogen-bond acceptors (Lipinski definition) is 4. The van der Waals surface area contributed by atoms with E-state index in [4.69, 9.17) is 9.15 Å². The van der Waals surface area contributed by atoms with Crippen molar-refractivity contribution in [3.63, 3.8) is 0 Å². The van der Waals surface area contributed by atoms with Gasteiger partial charge in [0, 0.05) is 31.0 Å². The van der Waals surface area contributed by atoms with Gasteiger partial charge >= 0.3 is 0 Å². The van der Waals surface area contributed by atoms with Gasteiger partial charge in [-0.3, -0.25) is 4.79 Å². The van der Waals surface area contributed by atoms with Gasteiger partial charge in [-0.25, -0.2) is 4.98 Å². The minimum absolute atomic E-state index is 0.140. The van der Waals surface area contributed by atoms with Crippen LogP contribution in [0.5, 0.6) is 0 Å². The molecule has 1 unspecified atom stereocenters. The molecule has 110 valence electrons. The maximum Gasteiger partial charge on any atom is 0.287 e. The van der Waals surface area contributed by atoms with Gasteiger partial charge in [0.15, 0.2) is 11.3 Å². The number of pyridine rings is 1. The van der Waals surface area contributed by atoms with Gasteiger partial charge in [0.25, 0.3) is 5.91 Å². The van der Waals surface area contributed by atoms with Crippen molar-refractivity contribution >= 4 is 17.0 Å². The van der Waals surface area contributed by atoms with E-state index in [9.17, 15) is 4.79 Å². The Morgan fingerprint density at radius 2 is 2.19 bits per heavy atom. The number of carbonyl (C=O) groups is 1. The summed E-state index contributed by atoms with van der Waals surface area (Å²) in [7, 11) is 0. The number of furan rings is 1. The molecule has 5 nitrogen and oxygen atoms in total. The van der Waals surface area contributed by atoms with Crippen LogP contribution in [-0.2, 0) is 4.74 Å². The summed E-state index contributed by atoms with van der Waals surface area (Å²) in [6.07, 6.45) is 3.14. The number of aryl methyl sites for hydroxylation is 1. The van der Waals surface area contributed by atoms with Crippen LogP contribution in [0, 0.1) is 12.3 Å². The van der Waals surface area contributed by atoms with Gasteiger partial charge in [-0.15, -0.1) is 0 Å². The molecule has 1 aliphatic carbocycles. The van der Waals surface area contributed by atoms with E-state index in [0.717, 1.165) is 43.7 Å². The Kier molecular flexibility index (Phi) is 2.79. The Hall–Kier alpha value is -1.88. The molecule has 3 heterocycles. The van der Waals surface area contributed by atoms with Crippen molar-refractivity contribution in [3.05, 3.63) is 29.7 Å². The van der Waals surface area contributed by atoms with Crippen LogP contribution in [0.15, 0.2) is 22.6 Å². The van der Waals surface area contributed by atoms with Crippen LogP contribution in [0.3, 0.4) is 0 Å². The first-order chi connectivity index (χ1) is 10.2. The molecule has 1 aliphatic heterocycles. The third kappa shape index (κ3) is 2.21. The lowest BCUT2D eigenvalue weighted by Crippen LogP contribution is -2.32. The Balaban J connectivity index is 1.49. The fourth-order valence-corrected chi connectivity index (χ4v) is 3.25. The summed E-state index contributed by atoms with van der Waals surface area (Å²) < 4.78 is 11.0. The zero-order valence-electron chi connectivity index (χ0n) is 12.0. The molecule has 4 rings (SSSR count). The fourth-order valence-electron chi connectivity index (χ4n) is 3.25. The van der Waals surface area contributed by atoms with E-state index in [0.29, 0.717) is 11.3 Å². The van der Waals surface area contributed by atoms with Gasteiger partial charge in [-0.05, 0) is 43.7 Å². The molecule has 1 N–H and O–H groups in total. The fraction of sp³-hybridized carbons (Fsp3) is 0.500. The first-order valence-electron chi connectivity index (χ1n) is 7.42. The number of fused-ring (bicyclic) bond motifs is 1. The number of aromatic nitrogens is 1. The number of rotatable bonds is 2. The van der Waals surface area contributed by atoms with Gasteiger partial charge in [0.1, 0.15) is 5.52 Å². The van der Waals surface area contributed by atoms with E-state index in [1.54, 1.807) is 6.07 Å². The standard InChI is InChI=1S/C16H18N2O3/c1-10-2-3-12-11(17-10)8-13(21-12)15(19)18-14-9-16(14)4-6-20-7-5-16/h2-3,8,14H,4-7,9H2,1H3,(H,18,19). The molecule has 2 fully saturated rings. The van der Waals surface area contributed by atoms with Gasteiger partial charge in [0.2, 0.25) is 0 Å².